The molecule has 0 spiro atoms. The average molecular weight is 462 g/mol. The summed E-state index contributed by atoms with van der Waals surface area (Å²) in [5.41, 5.74) is 1.66. The van der Waals surface area contributed by atoms with E-state index in [9.17, 15) is 9.59 Å². The number of fused-ring (bicyclic) bond motifs is 1. The lowest BCUT2D eigenvalue weighted by Gasteiger charge is -2.36. The number of amides is 2. The Hall–Kier alpha value is -2.48. The number of carbonyl (C=O) groups is 2. The molecule has 1 aliphatic carbocycles. The first-order chi connectivity index (χ1) is 15.2. The summed E-state index contributed by atoms with van der Waals surface area (Å²) >= 11 is 6.63. The van der Waals surface area contributed by atoms with Crippen molar-refractivity contribution in [1.29, 1.82) is 0 Å². The molecule has 2 aliphatic rings. The molecule has 1 atom stereocenters. The number of halogens is 1. The van der Waals surface area contributed by atoms with Gasteiger partial charge in [0.25, 0.3) is 0 Å². The predicted octanol–water partition coefficient (Wildman–Crippen LogP) is 4.84. The van der Waals surface area contributed by atoms with Crippen LogP contribution in [-0.2, 0) is 9.53 Å². The minimum Gasteiger partial charge on any atom is -0.444 e. The summed E-state index contributed by atoms with van der Waals surface area (Å²) < 4.78 is 5.42. The van der Waals surface area contributed by atoms with Crippen LogP contribution >= 0.6 is 11.6 Å². The quantitative estimate of drug-likeness (QED) is 0.605. The van der Waals surface area contributed by atoms with Crippen molar-refractivity contribution in [3.05, 3.63) is 17.4 Å². The number of nitrogens with zero attached hydrogens (tertiary/aromatic N) is 2. The molecule has 2 fully saturated rings. The smallest absolute Gasteiger partial charge is 0.407 e. The maximum atomic E-state index is 12.8. The fraction of sp³-hybridized carbons (Fsp3) is 0.609. The molecule has 32 heavy (non-hydrogen) atoms. The number of alkyl carbamates (subject to hydrolysis) is 1. The number of pyridine rings is 1. The lowest BCUT2D eigenvalue weighted by Crippen LogP contribution is -2.49. The summed E-state index contributed by atoms with van der Waals surface area (Å²) in [4.78, 5) is 34.8. The van der Waals surface area contributed by atoms with Gasteiger partial charge in [-0.2, -0.15) is 0 Å². The Morgan fingerprint density at radius 1 is 1.22 bits per heavy atom. The molecule has 3 heterocycles. The summed E-state index contributed by atoms with van der Waals surface area (Å²) in [5, 5.41) is 7.41. The first-order valence-electron chi connectivity index (χ1n) is 11.4. The Bertz CT molecular complexity index is 993. The van der Waals surface area contributed by atoms with E-state index in [0.717, 1.165) is 56.1 Å². The molecule has 1 saturated carbocycles. The first-order valence-corrected chi connectivity index (χ1v) is 11.8. The van der Waals surface area contributed by atoms with E-state index >= 15 is 0 Å². The van der Waals surface area contributed by atoms with Crippen molar-refractivity contribution in [2.24, 2.45) is 5.92 Å². The van der Waals surface area contributed by atoms with Gasteiger partial charge in [-0.1, -0.05) is 24.4 Å². The van der Waals surface area contributed by atoms with Gasteiger partial charge in [-0.25, -0.2) is 9.78 Å². The molecule has 0 radical (unpaired) electrons. The Morgan fingerprint density at radius 3 is 2.69 bits per heavy atom. The number of ether oxygens (including phenoxy) is 1. The van der Waals surface area contributed by atoms with Gasteiger partial charge in [0.2, 0.25) is 5.91 Å². The average Bonchev–Trinajstić information content (AvgIpc) is 3.37. The van der Waals surface area contributed by atoms with Crippen molar-refractivity contribution >= 4 is 46.0 Å². The summed E-state index contributed by atoms with van der Waals surface area (Å²) in [6.07, 6.45) is 8.83. The van der Waals surface area contributed by atoms with E-state index in [0.29, 0.717) is 22.9 Å². The standard InChI is InChI=1S/C23H32ClN5O3/c1-23(2,3)32-22(31)27-15-9-6-10-29(13-15)19-16(24)11-25-20-18(19)17(12-26-20)28-21(30)14-7-4-5-8-14/h11-12,14-15H,4-10,13H2,1-3H3,(H,25,26)(H,27,31)(H,28,30). The molecule has 2 amide bonds. The van der Waals surface area contributed by atoms with E-state index in [1.54, 1.807) is 12.4 Å². The highest BCUT2D eigenvalue weighted by molar-refractivity contribution is 6.35. The van der Waals surface area contributed by atoms with Crippen LogP contribution in [0.15, 0.2) is 12.4 Å². The van der Waals surface area contributed by atoms with E-state index in [4.69, 9.17) is 16.3 Å². The number of hydrogen-bond donors (Lipinski definition) is 3. The number of aromatic amines is 1. The molecular formula is C23H32ClN5O3. The van der Waals surface area contributed by atoms with Gasteiger partial charge in [0.15, 0.2) is 0 Å². The third-order valence-electron chi connectivity index (χ3n) is 6.07. The molecule has 2 aromatic heterocycles. The van der Waals surface area contributed by atoms with Gasteiger partial charge in [-0.05, 0) is 46.5 Å². The van der Waals surface area contributed by atoms with Gasteiger partial charge >= 0.3 is 6.09 Å². The molecule has 9 heteroatoms. The predicted molar refractivity (Wildman–Crippen MR) is 126 cm³/mol. The molecule has 2 aromatic rings. The van der Waals surface area contributed by atoms with Crippen molar-refractivity contribution in [2.75, 3.05) is 23.3 Å². The van der Waals surface area contributed by atoms with Crippen LogP contribution in [-0.4, -0.2) is 46.7 Å². The maximum absolute atomic E-state index is 12.8. The monoisotopic (exact) mass is 461 g/mol. The molecular weight excluding hydrogens is 430 g/mol. The summed E-state index contributed by atoms with van der Waals surface area (Å²) in [6, 6.07) is -0.0617. The van der Waals surface area contributed by atoms with Crippen LogP contribution in [0.2, 0.25) is 5.02 Å². The van der Waals surface area contributed by atoms with Gasteiger partial charge < -0.3 is 25.3 Å². The zero-order chi connectivity index (χ0) is 22.9. The fourth-order valence-electron chi connectivity index (χ4n) is 4.66. The molecule has 0 bridgehead atoms. The lowest BCUT2D eigenvalue weighted by atomic mass is 10.0. The minimum atomic E-state index is -0.545. The molecule has 174 valence electrons. The van der Waals surface area contributed by atoms with Crippen LogP contribution < -0.4 is 15.5 Å². The highest BCUT2D eigenvalue weighted by Gasteiger charge is 2.29. The van der Waals surface area contributed by atoms with Crippen LogP contribution in [0.1, 0.15) is 59.3 Å². The molecule has 8 nitrogen and oxygen atoms in total. The SMILES string of the molecule is CC(C)(C)OC(=O)NC1CCCN(c2c(Cl)cnc3[nH]cc(NC(=O)C4CCCC4)c23)C1. The Labute approximate surface area is 193 Å². The van der Waals surface area contributed by atoms with E-state index in [1.165, 1.54) is 0 Å². The number of carbonyl (C=O) groups excluding carboxylic acids is 2. The zero-order valence-electron chi connectivity index (χ0n) is 19.0. The number of hydrogen-bond acceptors (Lipinski definition) is 5. The molecule has 0 aromatic carbocycles. The van der Waals surface area contributed by atoms with Gasteiger partial charge in [0.1, 0.15) is 11.2 Å². The Balaban J connectivity index is 1.56. The number of aromatic nitrogens is 2. The number of nitrogens with one attached hydrogen (secondary N) is 3. The van der Waals surface area contributed by atoms with Crippen molar-refractivity contribution in [2.45, 2.75) is 70.9 Å². The highest BCUT2D eigenvalue weighted by atomic mass is 35.5. The van der Waals surface area contributed by atoms with Crippen LogP contribution in [0, 0.1) is 5.92 Å². The lowest BCUT2D eigenvalue weighted by molar-refractivity contribution is -0.119. The van der Waals surface area contributed by atoms with Crippen LogP contribution in [0.5, 0.6) is 0 Å². The number of anilines is 2. The van der Waals surface area contributed by atoms with Gasteiger partial charge in [0.05, 0.1) is 28.0 Å². The third-order valence-corrected chi connectivity index (χ3v) is 6.35. The summed E-state index contributed by atoms with van der Waals surface area (Å²) in [7, 11) is 0. The topological polar surface area (TPSA) is 99.3 Å². The molecule has 1 saturated heterocycles. The fourth-order valence-corrected chi connectivity index (χ4v) is 4.92. The number of piperidine rings is 1. The van der Waals surface area contributed by atoms with E-state index in [1.807, 2.05) is 20.8 Å². The van der Waals surface area contributed by atoms with Crippen molar-refractivity contribution in [3.8, 4) is 0 Å². The van der Waals surface area contributed by atoms with Crippen molar-refractivity contribution in [3.63, 3.8) is 0 Å². The highest BCUT2D eigenvalue weighted by Crippen LogP contribution is 2.39. The molecule has 4 rings (SSSR count). The van der Waals surface area contributed by atoms with Gasteiger partial charge in [-0.15, -0.1) is 0 Å². The maximum Gasteiger partial charge on any atom is 0.407 e. The summed E-state index contributed by atoms with van der Waals surface area (Å²) in [6.45, 7) is 6.94. The molecule has 3 N–H and O–H groups in total. The van der Waals surface area contributed by atoms with E-state index < -0.39 is 11.7 Å². The van der Waals surface area contributed by atoms with Crippen molar-refractivity contribution in [1.82, 2.24) is 15.3 Å². The van der Waals surface area contributed by atoms with Gasteiger partial charge in [0, 0.05) is 31.2 Å². The first kappa shape index (κ1) is 22.7. The minimum absolute atomic E-state index is 0.0532. The number of H-pyrrole nitrogens is 1. The van der Waals surface area contributed by atoms with Crippen molar-refractivity contribution < 1.29 is 14.3 Å². The summed E-state index contributed by atoms with van der Waals surface area (Å²) in [5.74, 6) is 0.116. The van der Waals surface area contributed by atoms with Gasteiger partial charge in [-0.3, -0.25) is 4.79 Å². The largest absolute Gasteiger partial charge is 0.444 e. The zero-order valence-corrected chi connectivity index (χ0v) is 19.7. The Kier molecular flexibility index (Phi) is 6.51. The van der Waals surface area contributed by atoms with Crippen LogP contribution in [0.25, 0.3) is 11.0 Å². The molecule has 1 aliphatic heterocycles. The van der Waals surface area contributed by atoms with E-state index in [2.05, 4.69) is 25.5 Å². The second kappa shape index (κ2) is 9.17. The van der Waals surface area contributed by atoms with Crippen LogP contribution in [0.4, 0.5) is 16.2 Å². The second-order valence-corrected chi connectivity index (χ2v) is 10.2. The Morgan fingerprint density at radius 2 is 1.97 bits per heavy atom. The normalized spacial score (nSPS) is 19.9. The number of rotatable bonds is 4. The third kappa shape index (κ3) is 5.11. The molecule has 1 unspecified atom stereocenters. The van der Waals surface area contributed by atoms with E-state index in [-0.39, 0.29) is 17.9 Å². The second-order valence-electron chi connectivity index (χ2n) is 9.78. The van der Waals surface area contributed by atoms with Crippen LogP contribution in [0.3, 0.4) is 0 Å².